The largest absolute Gasteiger partial charge is 0.325 e. The standard InChI is InChI=1S/C28H38N2O3S/c1-18(2)24-15-22(21-9-7-8-10-21)16-25(19(3)4)26(24)27(34(32)33)28(31)29-23-13-11-20(12-14-23)17-30(5)6/h9,11-16,18-19,27H,7-8,10,17H2,1-6H3,(H,29,31)(H,32,33). The smallest absolute Gasteiger partial charge is 0.247 e. The zero-order chi connectivity index (χ0) is 25.0. The van der Waals surface area contributed by atoms with E-state index in [1.165, 1.54) is 11.1 Å². The highest BCUT2D eigenvalue weighted by molar-refractivity contribution is 7.80. The predicted octanol–water partition coefficient (Wildman–Crippen LogP) is 6.46. The summed E-state index contributed by atoms with van der Waals surface area (Å²) in [5.41, 5.74) is 6.89. The van der Waals surface area contributed by atoms with Crippen molar-refractivity contribution in [3.05, 3.63) is 70.3 Å². The second-order valence-corrected chi connectivity index (χ2v) is 11.1. The van der Waals surface area contributed by atoms with Crippen LogP contribution in [0.15, 0.2) is 42.5 Å². The lowest BCUT2D eigenvalue weighted by molar-refractivity contribution is -0.116. The molecule has 2 atom stereocenters. The fourth-order valence-electron chi connectivity index (χ4n) is 4.67. The van der Waals surface area contributed by atoms with Crippen molar-refractivity contribution < 1.29 is 13.6 Å². The van der Waals surface area contributed by atoms with Crippen molar-refractivity contribution in [1.29, 1.82) is 0 Å². The molecule has 0 heterocycles. The summed E-state index contributed by atoms with van der Waals surface area (Å²) in [4.78, 5) is 15.5. The molecule has 3 rings (SSSR count). The molecule has 2 aromatic carbocycles. The lowest BCUT2D eigenvalue weighted by atomic mass is 9.83. The van der Waals surface area contributed by atoms with E-state index in [9.17, 15) is 13.6 Å². The molecule has 0 spiro atoms. The zero-order valence-electron chi connectivity index (χ0n) is 21.2. The molecule has 5 nitrogen and oxygen atoms in total. The molecule has 2 aromatic rings. The fraction of sp³-hybridized carbons (Fsp3) is 0.464. The first-order valence-electron chi connectivity index (χ1n) is 12.1. The van der Waals surface area contributed by atoms with Crippen LogP contribution in [-0.2, 0) is 22.4 Å². The van der Waals surface area contributed by atoms with Crippen molar-refractivity contribution in [2.24, 2.45) is 0 Å². The summed E-state index contributed by atoms with van der Waals surface area (Å²) in [7, 11) is 4.01. The molecule has 0 aromatic heterocycles. The van der Waals surface area contributed by atoms with Gasteiger partial charge in [0.25, 0.3) is 0 Å². The van der Waals surface area contributed by atoms with Gasteiger partial charge in [0.1, 0.15) is 0 Å². The van der Waals surface area contributed by atoms with Gasteiger partial charge in [0, 0.05) is 12.2 Å². The van der Waals surface area contributed by atoms with Gasteiger partial charge in [-0.3, -0.25) is 4.79 Å². The molecule has 2 N–H and O–H groups in total. The Bertz CT molecular complexity index is 1040. The van der Waals surface area contributed by atoms with Crippen molar-refractivity contribution in [2.75, 3.05) is 19.4 Å². The molecule has 0 saturated heterocycles. The van der Waals surface area contributed by atoms with Gasteiger partial charge in [-0.15, -0.1) is 0 Å². The molecule has 0 fully saturated rings. The average Bonchev–Trinajstić information content (AvgIpc) is 3.29. The molecule has 0 saturated carbocycles. The maximum atomic E-state index is 13.4. The summed E-state index contributed by atoms with van der Waals surface area (Å²) in [6.07, 6.45) is 5.58. The van der Waals surface area contributed by atoms with Gasteiger partial charge in [-0.05, 0) is 90.7 Å². The first kappa shape index (κ1) is 26.3. The van der Waals surface area contributed by atoms with E-state index in [4.69, 9.17) is 0 Å². The first-order chi connectivity index (χ1) is 16.1. The number of hydrogen-bond donors (Lipinski definition) is 2. The van der Waals surface area contributed by atoms with E-state index in [0.717, 1.165) is 42.5 Å². The molecule has 2 unspecified atom stereocenters. The first-order valence-corrected chi connectivity index (χ1v) is 13.3. The number of allylic oxidation sites excluding steroid dienone is 2. The Morgan fingerprint density at radius 2 is 1.65 bits per heavy atom. The second-order valence-electron chi connectivity index (χ2n) is 10.1. The number of carbonyl (C=O) groups is 1. The van der Waals surface area contributed by atoms with Gasteiger partial charge in [0.05, 0.1) is 0 Å². The summed E-state index contributed by atoms with van der Waals surface area (Å²) in [5.74, 6) is -0.241. The molecule has 0 radical (unpaired) electrons. The maximum Gasteiger partial charge on any atom is 0.247 e. The Hall–Kier alpha value is -2.28. The Kier molecular flexibility index (Phi) is 8.85. The average molecular weight is 483 g/mol. The van der Waals surface area contributed by atoms with Crippen molar-refractivity contribution in [3.63, 3.8) is 0 Å². The fourth-order valence-corrected chi connectivity index (χ4v) is 5.38. The van der Waals surface area contributed by atoms with E-state index in [1.807, 2.05) is 38.4 Å². The van der Waals surface area contributed by atoms with Crippen LogP contribution in [-0.4, -0.2) is 33.7 Å². The minimum atomic E-state index is -2.37. The van der Waals surface area contributed by atoms with E-state index in [0.29, 0.717) is 11.3 Å². The molecule has 184 valence electrons. The molecule has 34 heavy (non-hydrogen) atoms. The maximum absolute atomic E-state index is 13.4. The lowest BCUT2D eigenvalue weighted by Gasteiger charge is -2.26. The van der Waals surface area contributed by atoms with Gasteiger partial charge >= 0.3 is 0 Å². The highest BCUT2D eigenvalue weighted by Crippen LogP contribution is 2.39. The van der Waals surface area contributed by atoms with Gasteiger partial charge in [-0.2, -0.15) is 0 Å². The quantitative estimate of drug-likeness (QED) is 0.402. The minimum absolute atomic E-state index is 0.110. The molecule has 0 aliphatic heterocycles. The summed E-state index contributed by atoms with van der Waals surface area (Å²) in [6.45, 7) is 9.11. The Balaban J connectivity index is 2.02. The van der Waals surface area contributed by atoms with Crippen LogP contribution >= 0.6 is 0 Å². The van der Waals surface area contributed by atoms with E-state index in [-0.39, 0.29) is 11.8 Å². The highest BCUT2D eigenvalue weighted by Gasteiger charge is 2.33. The third-order valence-corrected chi connectivity index (χ3v) is 7.18. The molecular formula is C28H38N2O3S. The van der Waals surface area contributed by atoms with Crippen molar-refractivity contribution in [1.82, 2.24) is 4.90 Å². The van der Waals surface area contributed by atoms with Gasteiger partial charge < -0.3 is 14.8 Å². The summed E-state index contributed by atoms with van der Waals surface area (Å²) < 4.78 is 23.0. The number of anilines is 1. The second kappa shape index (κ2) is 11.4. The molecular weight excluding hydrogens is 444 g/mol. The number of benzene rings is 2. The lowest BCUT2D eigenvalue weighted by Crippen LogP contribution is -2.27. The minimum Gasteiger partial charge on any atom is -0.325 e. The molecule has 1 aliphatic carbocycles. The molecule has 1 amide bonds. The summed E-state index contributed by atoms with van der Waals surface area (Å²) in [6, 6.07) is 11.9. The Morgan fingerprint density at radius 3 is 2.09 bits per heavy atom. The third-order valence-electron chi connectivity index (χ3n) is 6.32. The van der Waals surface area contributed by atoms with Crippen molar-refractivity contribution >= 4 is 28.2 Å². The van der Waals surface area contributed by atoms with Gasteiger partial charge in [0.2, 0.25) is 5.91 Å². The highest BCUT2D eigenvalue weighted by atomic mass is 32.2. The summed E-state index contributed by atoms with van der Waals surface area (Å²) >= 11 is -2.37. The van der Waals surface area contributed by atoms with Crippen molar-refractivity contribution in [2.45, 2.75) is 70.6 Å². The van der Waals surface area contributed by atoms with E-state index < -0.39 is 22.2 Å². The Morgan fingerprint density at radius 1 is 1.06 bits per heavy atom. The van der Waals surface area contributed by atoms with Gasteiger partial charge in [-0.25, -0.2) is 4.21 Å². The van der Waals surface area contributed by atoms with E-state index >= 15 is 0 Å². The van der Waals surface area contributed by atoms with E-state index in [1.54, 1.807) is 0 Å². The molecule has 0 bridgehead atoms. The van der Waals surface area contributed by atoms with Crippen LogP contribution in [0.1, 0.15) is 91.9 Å². The molecule has 1 aliphatic rings. The normalized spacial score (nSPS) is 15.6. The Labute approximate surface area is 206 Å². The number of nitrogens with one attached hydrogen (secondary N) is 1. The number of amides is 1. The zero-order valence-corrected chi connectivity index (χ0v) is 22.0. The predicted molar refractivity (Wildman–Crippen MR) is 142 cm³/mol. The van der Waals surface area contributed by atoms with Crippen LogP contribution in [0, 0.1) is 0 Å². The van der Waals surface area contributed by atoms with Crippen LogP contribution in [0.5, 0.6) is 0 Å². The number of nitrogens with zero attached hydrogens (tertiary/aromatic N) is 1. The van der Waals surface area contributed by atoms with Crippen LogP contribution in [0.3, 0.4) is 0 Å². The summed E-state index contributed by atoms with van der Waals surface area (Å²) in [5, 5.41) is 1.72. The number of carbonyl (C=O) groups excluding carboxylic acids is 1. The third kappa shape index (κ3) is 6.23. The SMILES string of the molecule is CC(C)c1cc(C2=CCCC2)cc(C(C)C)c1C(C(=O)Nc1ccc(CN(C)C)cc1)S(=O)O. The number of rotatable bonds is 9. The topological polar surface area (TPSA) is 69.6 Å². The van der Waals surface area contributed by atoms with Crippen LogP contribution < -0.4 is 5.32 Å². The van der Waals surface area contributed by atoms with Gasteiger partial charge in [-0.1, -0.05) is 58.0 Å². The monoisotopic (exact) mass is 482 g/mol. The molecule has 6 heteroatoms. The van der Waals surface area contributed by atoms with Crippen LogP contribution in [0.25, 0.3) is 5.57 Å². The van der Waals surface area contributed by atoms with Crippen LogP contribution in [0.2, 0.25) is 0 Å². The van der Waals surface area contributed by atoms with Gasteiger partial charge in [0.15, 0.2) is 16.3 Å². The van der Waals surface area contributed by atoms with Crippen molar-refractivity contribution in [3.8, 4) is 0 Å². The van der Waals surface area contributed by atoms with E-state index in [2.05, 4.69) is 56.1 Å². The number of hydrogen-bond acceptors (Lipinski definition) is 3. The van der Waals surface area contributed by atoms with Crippen LogP contribution in [0.4, 0.5) is 5.69 Å².